The van der Waals surface area contributed by atoms with Gasteiger partial charge in [0.25, 0.3) is 0 Å². The number of rotatable bonds is 3. The van der Waals surface area contributed by atoms with E-state index in [-0.39, 0.29) is 0 Å². The average Bonchev–Trinajstić information content (AvgIpc) is 2.85. The second-order valence-corrected chi connectivity index (χ2v) is 3.45. The quantitative estimate of drug-likeness (QED) is 0.501. The second kappa shape index (κ2) is 3.27. The third-order valence-electron chi connectivity index (χ3n) is 2.38. The Morgan fingerprint density at radius 3 is 2.86 bits per heavy atom. The molecular weight excluding hydrogens is 176 g/mol. The van der Waals surface area contributed by atoms with Crippen LogP contribution in [-0.4, -0.2) is 18.0 Å². The second-order valence-electron chi connectivity index (χ2n) is 3.45. The summed E-state index contributed by atoms with van der Waals surface area (Å²) in [7, 11) is 0. The highest BCUT2D eigenvalue weighted by Gasteiger charge is 2.69. The first-order valence-electron chi connectivity index (χ1n) is 4.94. The maximum absolute atomic E-state index is 5.69. The van der Waals surface area contributed by atoms with Crippen LogP contribution in [0.5, 0.6) is 0 Å². The average molecular weight is 190 g/mol. The summed E-state index contributed by atoms with van der Waals surface area (Å²) in [5.74, 6) is 5.33. The molecule has 0 saturated carbocycles. The third kappa shape index (κ3) is 1.21. The molecular formula is C12H14O2. The molecule has 2 atom stereocenters. The molecule has 0 spiro atoms. The summed E-state index contributed by atoms with van der Waals surface area (Å²) in [6.45, 7) is 4.59. The lowest BCUT2D eigenvalue weighted by Crippen LogP contribution is -2.26. The van der Waals surface area contributed by atoms with E-state index in [4.69, 9.17) is 9.47 Å². The van der Waals surface area contributed by atoms with Crippen LogP contribution < -0.4 is 0 Å². The summed E-state index contributed by atoms with van der Waals surface area (Å²) >= 11 is 0. The van der Waals surface area contributed by atoms with Crippen molar-refractivity contribution in [1.29, 1.82) is 0 Å². The zero-order chi connectivity index (χ0) is 10.1. The normalized spacial score (nSPS) is 37.3. The third-order valence-corrected chi connectivity index (χ3v) is 2.38. The molecule has 0 aromatic heterocycles. The lowest BCUT2D eigenvalue weighted by molar-refractivity contribution is -0.00785. The monoisotopic (exact) mass is 190 g/mol. The first-order valence-corrected chi connectivity index (χ1v) is 4.94. The molecule has 2 nitrogen and oxygen atoms in total. The molecule has 0 radical (unpaired) electrons. The smallest absolute Gasteiger partial charge is 0.236 e. The molecule has 2 aliphatic rings. The van der Waals surface area contributed by atoms with E-state index in [1.807, 2.05) is 31.2 Å². The maximum Gasteiger partial charge on any atom is 0.236 e. The lowest BCUT2D eigenvalue weighted by atomic mass is 9.98. The van der Waals surface area contributed by atoms with Crippen LogP contribution in [0.15, 0.2) is 24.3 Å². The molecule has 14 heavy (non-hydrogen) atoms. The van der Waals surface area contributed by atoms with Crippen LogP contribution in [0, 0.1) is 11.8 Å². The van der Waals surface area contributed by atoms with Gasteiger partial charge in [0.15, 0.2) is 0 Å². The van der Waals surface area contributed by atoms with Gasteiger partial charge in [-0.1, -0.05) is 25.0 Å². The van der Waals surface area contributed by atoms with Gasteiger partial charge in [0.05, 0.1) is 6.61 Å². The molecule has 0 aromatic rings. The van der Waals surface area contributed by atoms with E-state index in [1.54, 1.807) is 0 Å². The first-order chi connectivity index (χ1) is 6.79. The Kier molecular flexibility index (Phi) is 2.22. The van der Waals surface area contributed by atoms with Crippen molar-refractivity contribution in [1.82, 2.24) is 0 Å². The first kappa shape index (κ1) is 9.51. The minimum atomic E-state index is -0.596. The van der Waals surface area contributed by atoms with Crippen LogP contribution in [0.4, 0.5) is 0 Å². The van der Waals surface area contributed by atoms with Crippen molar-refractivity contribution in [2.24, 2.45) is 0 Å². The van der Waals surface area contributed by atoms with Crippen molar-refractivity contribution in [2.75, 3.05) is 6.61 Å². The molecule has 0 bridgehead atoms. The van der Waals surface area contributed by atoms with E-state index in [1.165, 1.54) is 0 Å². The van der Waals surface area contributed by atoms with Crippen LogP contribution >= 0.6 is 0 Å². The van der Waals surface area contributed by atoms with Gasteiger partial charge in [-0.05, 0) is 25.5 Å². The fraction of sp³-hybridized carbons (Fsp3) is 0.500. The number of fused-ring (bicyclic) bond motifs is 1. The van der Waals surface area contributed by atoms with E-state index in [2.05, 4.69) is 18.8 Å². The van der Waals surface area contributed by atoms with E-state index < -0.39 is 11.4 Å². The van der Waals surface area contributed by atoms with Crippen molar-refractivity contribution in [2.45, 2.75) is 31.7 Å². The molecule has 1 saturated heterocycles. The van der Waals surface area contributed by atoms with E-state index >= 15 is 0 Å². The lowest BCUT2D eigenvalue weighted by Gasteiger charge is -2.12. The van der Waals surface area contributed by atoms with Gasteiger partial charge < -0.3 is 9.47 Å². The number of ether oxygens (including phenoxy) is 2. The van der Waals surface area contributed by atoms with Crippen molar-refractivity contribution in [3.05, 3.63) is 24.3 Å². The summed E-state index contributed by atoms with van der Waals surface area (Å²) in [6.07, 6.45) is 8.77. The maximum atomic E-state index is 5.69. The Labute approximate surface area is 84.6 Å². The van der Waals surface area contributed by atoms with E-state index in [0.29, 0.717) is 6.61 Å². The Hall–Kier alpha value is -1.04. The number of epoxide rings is 1. The van der Waals surface area contributed by atoms with E-state index in [0.717, 1.165) is 6.42 Å². The van der Waals surface area contributed by atoms with Gasteiger partial charge in [0.1, 0.15) is 0 Å². The zero-order valence-electron chi connectivity index (χ0n) is 8.54. The summed E-state index contributed by atoms with van der Waals surface area (Å²) in [6, 6.07) is 0. The predicted molar refractivity (Wildman–Crippen MR) is 54.5 cm³/mol. The Balaban J connectivity index is 2.17. The van der Waals surface area contributed by atoms with Crippen LogP contribution in [0.3, 0.4) is 0 Å². The highest BCUT2D eigenvalue weighted by Crippen LogP contribution is 2.52. The van der Waals surface area contributed by atoms with Gasteiger partial charge in [0.2, 0.25) is 11.4 Å². The highest BCUT2D eigenvalue weighted by molar-refractivity contribution is 5.45. The Morgan fingerprint density at radius 2 is 2.14 bits per heavy atom. The minimum Gasteiger partial charge on any atom is -0.343 e. The molecule has 2 rings (SSSR count). The molecule has 1 fully saturated rings. The van der Waals surface area contributed by atoms with Gasteiger partial charge in [0, 0.05) is 0 Å². The number of hydrogen-bond donors (Lipinski definition) is 0. The summed E-state index contributed by atoms with van der Waals surface area (Å²) in [4.78, 5) is 0. The Morgan fingerprint density at radius 1 is 1.36 bits per heavy atom. The molecule has 74 valence electrons. The molecule has 0 amide bonds. The van der Waals surface area contributed by atoms with Crippen LogP contribution in [0.25, 0.3) is 0 Å². The molecule has 0 N–H and O–H groups in total. The summed E-state index contributed by atoms with van der Waals surface area (Å²) in [5, 5.41) is 0. The van der Waals surface area contributed by atoms with E-state index in [9.17, 15) is 0 Å². The van der Waals surface area contributed by atoms with Crippen molar-refractivity contribution >= 4 is 0 Å². The SMILES string of the molecule is CC#CC12C=CC=CC1(OCCC)O2. The topological polar surface area (TPSA) is 21.8 Å². The molecule has 1 heterocycles. The van der Waals surface area contributed by atoms with Crippen molar-refractivity contribution in [3.63, 3.8) is 0 Å². The van der Waals surface area contributed by atoms with Gasteiger partial charge in [-0.2, -0.15) is 0 Å². The molecule has 0 aromatic carbocycles. The largest absolute Gasteiger partial charge is 0.343 e. The van der Waals surface area contributed by atoms with Gasteiger partial charge in [-0.3, -0.25) is 0 Å². The minimum absolute atomic E-state index is 0.508. The molecule has 1 aliphatic carbocycles. The molecule has 1 aliphatic heterocycles. The summed E-state index contributed by atoms with van der Waals surface area (Å²) in [5.41, 5.74) is -0.508. The highest BCUT2D eigenvalue weighted by atomic mass is 16.8. The van der Waals surface area contributed by atoms with Crippen LogP contribution in [0.2, 0.25) is 0 Å². The van der Waals surface area contributed by atoms with Crippen molar-refractivity contribution < 1.29 is 9.47 Å². The van der Waals surface area contributed by atoms with Gasteiger partial charge >= 0.3 is 0 Å². The zero-order valence-corrected chi connectivity index (χ0v) is 8.54. The molecule has 2 heteroatoms. The summed E-state index contributed by atoms with van der Waals surface area (Å²) < 4.78 is 11.3. The van der Waals surface area contributed by atoms with Crippen LogP contribution in [-0.2, 0) is 9.47 Å². The van der Waals surface area contributed by atoms with Gasteiger partial charge in [-0.15, -0.1) is 5.92 Å². The fourth-order valence-corrected chi connectivity index (χ4v) is 1.67. The van der Waals surface area contributed by atoms with Crippen LogP contribution in [0.1, 0.15) is 20.3 Å². The van der Waals surface area contributed by atoms with Crippen molar-refractivity contribution in [3.8, 4) is 11.8 Å². The van der Waals surface area contributed by atoms with Gasteiger partial charge in [-0.25, -0.2) is 0 Å². The Bertz CT molecular complexity index is 345. The standard InChI is InChI=1S/C12H14O2/c1-3-7-11-8-5-6-9-12(11,14-11)13-10-4-2/h5-6,8-9H,4,10H2,1-2H3. The molecule has 2 unspecified atom stereocenters. The number of allylic oxidation sites excluding steroid dienone is 2. The predicted octanol–water partition coefficient (Wildman–Crippen LogP) is 2.03. The fourth-order valence-electron chi connectivity index (χ4n) is 1.67. The number of hydrogen-bond acceptors (Lipinski definition) is 2.